The van der Waals surface area contributed by atoms with E-state index in [2.05, 4.69) is 20.3 Å². The highest BCUT2D eigenvalue weighted by Crippen LogP contribution is 2.26. The van der Waals surface area contributed by atoms with Crippen LogP contribution in [0, 0.1) is 0 Å². The number of aromatic amines is 1. The molecule has 0 fully saturated rings. The highest BCUT2D eigenvalue weighted by Gasteiger charge is 2.09. The molecule has 27 heavy (non-hydrogen) atoms. The monoisotopic (exact) mass is 361 g/mol. The minimum atomic E-state index is -0.0708. The molecule has 0 aliphatic heterocycles. The molecule has 4 aromatic rings. The Hall–Kier alpha value is -3.32. The Labute approximate surface area is 155 Å². The van der Waals surface area contributed by atoms with Gasteiger partial charge in [0.05, 0.1) is 24.2 Å². The summed E-state index contributed by atoms with van der Waals surface area (Å²) in [5, 5.41) is 4.88. The number of ether oxygens (including phenoxy) is 1. The van der Waals surface area contributed by atoms with Crippen LogP contribution in [0.2, 0.25) is 0 Å². The summed E-state index contributed by atoms with van der Waals surface area (Å²) in [4.78, 5) is 28.4. The van der Waals surface area contributed by atoms with Crippen LogP contribution in [0.5, 0.6) is 0 Å². The second-order valence-electron chi connectivity index (χ2n) is 6.20. The zero-order valence-corrected chi connectivity index (χ0v) is 14.9. The van der Waals surface area contributed by atoms with Crippen LogP contribution in [0.15, 0.2) is 48.9 Å². The molecule has 7 nitrogen and oxygen atoms in total. The van der Waals surface area contributed by atoms with Gasteiger partial charge in [-0.15, -0.1) is 0 Å². The number of amides is 1. The third kappa shape index (κ3) is 3.63. The molecule has 0 saturated carbocycles. The average Bonchev–Trinajstić information content (AvgIpc) is 3.06. The van der Waals surface area contributed by atoms with Crippen LogP contribution in [0.1, 0.15) is 5.69 Å². The largest absolute Gasteiger partial charge is 0.383 e. The second kappa shape index (κ2) is 7.51. The number of fused-ring (bicyclic) bond motifs is 3. The third-order valence-corrected chi connectivity index (χ3v) is 4.35. The van der Waals surface area contributed by atoms with Crippen LogP contribution in [0.3, 0.4) is 0 Å². The first-order chi connectivity index (χ1) is 13.2. The molecule has 0 bridgehead atoms. The van der Waals surface area contributed by atoms with E-state index in [1.54, 1.807) is 19.5 Å². The maximum atomic E-state index is 11.8. The highest BCUT2D eigenvalue weighted by atomic mass is 16.5. The van der Waals surface area contributed by atoms with Gasteiger partial charge in [-0.2, -0.15) is 0 Å². The quantitative estimate of drug-likeness (QED) is 0.515. The molecule has 136 valence electrons. The molecule has 4 heterocycles. The van der Waals surface area contributed by atoms with Crippen LogP contribution in [0.4, 0.5) is 0 Å². The lowest BCUT2D eigenvalue weighted by atomic mass is 10.1. The Morgan fingerprint density at radius 3 is 2.89 bits per heavy atom. The summed E-state index contributed by atoms with van der Waals surface area (Å²) >= 11 is 0. The molecular weight excluding hydrogens is 342 g/mol. The topological polar surface area (TPSA) is 92.8 Å². The van der Waals surface area contributed by atoms with Crippen molar-refractivity contribution in [3.8, 4) is 11.3 Å². The summed E-state index contributed by atoms with van der Waals surface area (Å²) in [6, 6.07) is 9.73. The second-order valence-corrected chi connectivity index (χ2v) is 6.20. The minimum Gasteiger partial charge on any atom is -0.383 e. The van der Waals surface area contributed by atoms with E-state index >= 15 is 0 Å². The molecule has 7 heteroatoms. The molecule has 0 aliphatic carbocycles. The SMILES string of the molecule is COCCNC(=O)Cc1ccc(-c2ccc3c(n2)[nH]c2ccncc23)cn1. The Morgan fingerprint density at radius 2 is 2.07 bits per heavy atom. The first-order valence-electron chi connectivity index (χ1n) is 8.68. The molecule has 0 aliphatic rings. The smallest absolute Gasteiger partial charge is 0.226 e. The zero-order chi connectivity index (χ0) is 18.6. The molecule has 0 spiro atoms. The standard InChI is InChI=1S/C20H19N5O2/c1-27-9-8-22-19(26)10-14-3-2-13(11-23-14)17-5-4-15-16-12-21-7-6-18(16)25-20(15)24-17/h2-7,11-12H,8-10H2,1H3,(H,22,26)(H,24,25). The van der Waals surface area contributed by atoms with Crippen LogP contribution in [0.25, 0.3) is 33.2 Å². The molecule has 0 unspecified atom stereocenters. The fraction of sp³-hybridized carbons (Fsp3) is 0.200. The van der Waals surface area contributed by atoms with Crippen molar-refractivity contribution < 1.29 is 9.53 Å². The first-order valence-corrected chi connectivity index (χ1v) is 8.68. The van der Waals surface area contributed by atoms with Crippen LogP contribution < -0.4 is 5.32 Å². The summed E-state index contributed by atoms with van der Waals surface area (Å²) in [7, 11) is 1.60. The number of nitrogens with zero attached hydrogens (tertiary/aromatic N) is 3. The van der Waals surface area contributed by atoms with Gasteiger partial charge in [0.2, 0.25) is 5.91 Å². The van der Waals surface area contributed by atoms with E-state index in [1.807, 2.05) is 36.5 Å². The Balaban J connectivity index is 1.53. The molecule has 1 amide bonds. The van der Waals surface area contributed by atoms with Gasteiger partial charge in [0.1, 0.15) is 5.65 Å². The van der Waals surface area contributed by atoms with Crippen LogP contribution in [-0.2, 0) is 16.0 Å². The van der Waals surface area contributed by atoms with Crippen LogP contribution in [-0.4, -0.2) is 46.1 Å². The van der Waals surface area contributed by atoms with Crippen molar-refractivity contribution in [3.05, 3.63) is 54.6 Å². The van der Waals surface area contributed by atoms with E-state index in [0.717, 1.165) is 33.2 Å². The van der Waals surface area contributed by atoms with E-state index in [1.165, 1.54) is 0 Å². The number of aromatic nitrogens is 4. The Kier molecular flexibility index (Phi) is 4.76. The van der Waals surface area contributed by atoms with Gasteiger partial charge in [-0.05, 0) is 30.3 Å². The number of hydrogen-bond acceptors (Lipinski definition) is 5. The van der Waals surface area contributed by atoms with Gasteiger partial charge in [-0.25, -0.2) is 4.98 Å². The Bertz CT molecular complexity index is 1090. The van der Waals surface area contributed by atoms with Crippen molar-refractivity contribution in [1.82, 2.24) is 25.3 Å². The summed E-state index contributed by atoms with van der Waals surface area (Å²) in [5.74, 6) is -0.0708. The van der Waals surface area contributed by atoms with Crippen LogP contribution >= 0.6 is 0 Å². The van der Waals surface area contributed by atoms with Gasteiger partial charge in [0, 0.05) is 54.3 Å². The first kappa shape index (κ1) is 17.1. The van der Waals surface area contributed by atoms with Gasteiger partial charge >= 0.3 is 0 Å². The number of carbonyl (C=O) groups is 1. The number of H-pyrrole nitrogens is 1. The highest BCUT2D eigenvalue weighted by molar-refractivity contribution is 6.05. The summed E-state index contributed by atoms with van der Waals surface area (Å²) in [6.45, 7) is 0.993. The number of hydrogen-bond donors (Lipinski definition) is 2. The van der Waals surface area contributed by atoms with Gasteiger partial charge < -0.3 is 15.0 Å². The van der Waals surface area contributed by atoms with Crippen molar-refractivity contribution in [2.75, 3.05) is 20.3 Å². The summed E-state index contributed by atoms with van der Waals surface area (Å²) in [6.07, 6.45) is 5.58. The normalized spacial score (nSPS) is 11.1. The van der Waals surface area contributed by atoms with Crippen molar-refractivity contribution >= 4 is 27.8 Å². The molecule has 0 atom stereocenters. The lowest BCUT2D eigenvalue weighted by molar-refractivity contribution is -0.120. The van der Waals surface area contributed by atoms with Crippen molar-refractivity contribution in [2.45, 2.75) is 6.42 Å². The minimum absolute atomic E-state index is 0.0708. The maximum absolute atomic E-state index is 11.8. The van der Waals surface area contributed by atoms with Gasteiger partial charge in [-0.3, -0.25) is 14.8 Å². The van der Waals surface area contributed by atoms with Gasteiger partial charge in [-0.1, -0.05) is 0 Å². The molecule has 4 aromatic heterocycles. The van der Waals surface area contributed by atoms with E-state index in [4.69, 9.17) is 9.72 Å². The summed E-state index contributed by atoms with van der Waals surface area (Å²) < 4.78 is 4.91. The number of pyridine rings is 3. The van der Waals surface area contributed by atoms with E-state index in [0.29, 0.717) is 18.8 Å². The number of nitrogens with one attached hydrogen (secondary N) is 2. The third-order valence-electron chi connectivity index (χ3n) is 4.35. The van der Waals surface area contributed by atoms with Crippen molar-refractivity contribution in [1.29, 1.82) is 0 Å². The molecule has 0 saturated heterocycles. The molecule has 2 N–H and O–H groups in total. The Morgan fingerprint density at radius 1 is 1.15 bits per heavy atom. The van der Waals surface area contributed by atoms with E-state index in [-0.39, 0.29) is 12.3 Å². The van der Waals surface area contributed by atoms with Crippen molar-refractivity contribution in [3.63, 3.8) is 0 Å². The lowest BCUT2D eigenvalue weighted by Crippen LogP contribution is -2.28. The lowest BCUT2D eigenvalue weighted by Gasteiger charge is -2.05. The molecule has 0 aromatic carbocycles. The van der Waals surface area contributed by atoms with Gasteiger partial charge in [0.15, 0.2) is 0 Å². The average molecular weight is 361 g/mol. The predicted molar refractivity (Wildman–Crippen MR) is 103 cm³/mol. The van der Waals surface area contributed by atoms with E-state index < -0.39 is 0 Å². The van der Waals surface area contributed by atoms with Gasteiger partial charge in [0.25, 0.3) is 0 Å². The van der Waals surface area contributed by atoms with Crippen molar-refractivity contribution in [2.24, 2.45) is 0 Å². The number of methoxy groups -OCH3 is 1. The number of carbonyl (C=O) groups excluding carboxylic acids is 1. The number of rotatable bonds is 6. The predicted octanol–water partition coefficient (Wildman–Crippen LogP) is 2.48. The molecular formula is C20H19N5O2. The fourth-order valence-corrected chi connectivity index (χ4v) is 2.98. The fourth-order valence-electron chi connectivity index (χ4n) is 2.98. The molecule has 0 radical (unpaired) electrons. The summed E-state index contributed by atoms with van der Waals surface area (Å²) in [5.41, 5.74) is 4.27. The zero-order valence-electron chi connectivity index (χ0n) is 14.9. The maximum Gasteiger partial charge on any atom is 0.226 e. The molecule has 4 rings (SSSR count). The van der Waals surface area contributed by atoms with E-state index in [9.17, 15) is 4.79 Å².